The van der Waals surface area contributed by atoms with Crippen LogP contribution in [0.2, 0.25) is 0 Å². The van der Waals surface area contributed by atoms with Crippen LogP contribution in [0.4, 0.5) is 0 Å². The van der Waals surface area contributed by atoms with E-state index in [1.807, 2.05) is 0 Å². The Morgan fingerprint density at radius 3 is 1.88 bits per heavy atom. The molecule has 0 unspecified atom stereocenters. The number of ether oxygens (including phenoxy) is 2. The number of carbonyl (C=O) groups is 4. The van der Waals surface area contributed by atoms with Gasteiger partial charge < -0.3 is 29.3 Å². The summed E-state index contributed by atoms with van der Waals surface area (Å²) in [7, 11) is 0. The molecule has 1 aliphatic rings. The average Bonchev–Trinajstić information content (AvgIpc) is 2.88. The Hall–Kier alpha value is -1.88. The molecule has 144 valence electrons. The Kier molecular flexibility index (Phi) is 13.4. The maximum Gasteiger partial charge on any atom is 0.333 e. The second kappa shape index (κ2) is 14.5. The van der Waals surface area contributed by atoms with Crippen LogP contribution in [0.1, 0.15) is 45.4 Å². The maximum absolute atomic E-state index is 11.2. The summed E-state index contributed by atoms with van der Waals surface area (Å²) >= 11 is 0. The zero-order chi connectivity index (χ0) is 19.1. The van der Waals surface area contributed by atoms with Crippen molar-refractivity contribution in [1.82, 2.24) is 5.06 Å². The van der Waals surface area contributed by atoms with Gasteiger partial charge in [0.25, 0.3) is 11.8 Å². The number of hydroxylamine groups is 2. The van der Waals surface area contributed by atoms with Gasteiger partial charge in [-0.3, -0.25) is 9.59 Å². The minimum atomic E-state index is -0.682. The monoisotopic (exact) mass is 361 g/mol. The first-order valence-electron chi connectivity index (χ1n) is 7.80. The first-order valence-corrected chi connectivity index (χ1v) is 7.80. The van der Waals surface area contributed by atoms with Gasteiger partial charge in [0.2, 0.25) is 0 Å². The van der Waals surface area contributed by atoms with Gasteiger partial charge in [-0.15, -0.1) is 5.06 Å². The number of nitrogens with zero attached hydrogens (tertiary/aromatic N) is 1. The van der Waals surface area contributed by atoms with Gasteiger partial charge in [-0.2, -0.15) is 0 Å². The third-order valence-corrected chi connectivity index (χ3v) is 2.85. The summed E-state index contributed by atoms with van der Waals surface area (Å²) in [4.78, 5) is 48.1. The van der Waals surface area contributed by atoms with Crippen LogP contribution in [-0.4, -0.2) is 55.4 Å². The summed E-state index contributed by atoms with van der Waals surface area (Å²) in [5.74, 6) is -1.55. The van der Waals surface area contributed by atoms with Crippen molar-refractivity contribution >= 4 is 23.6 Å². The van der Waals surface area contributed by atoms with Crippen LogP contribution in [-0.2, 0) is 33.5 Å². The Bertz CT molecular complexity index is 423. The van der Waals surface area contributed by atoms with Crippen LogP contribution < -0.4 is 10.2 Å². The molecule has 0 aliphatic carbocycles. The molecule has 0 atom stereocenters. The van der Waals surface area contributed by atoms with E-state index in [9.17, 15) is 29.4 Å². The third-order valence-electron chi connectivity index (χ3n) is 2.85. The van der Waals surface area contributed by atoms with Crippen LogP contribution in [0.25, 0.3) is 0 Å². The highest BCUT2D eigenvalue weighted by Gasteiger charge is 2.32. The third kappa shape index (κ3) is 12.2. The van der Waals surface area contributed by atoms with Gasteiger partial charge in [0.05, 0.1) is 6.42 Å². The first kappa shape index (κ1) is 23.1. The highest BCUT2D eigenvalue weighted by atomic mass is 16.7. The summed E-state index contributed by atoms with van der Waals surface area (Å²) in [6.45, 7) is 0.927. The topological polar surface area (TPSA) is 145 Å². The lowest BCUT2D eigenvalue weighted by Gasteiger charge is -2.12. The second-order valence-corrected chi connectivity index (χ2v) is 5.01. The first-order chi connectivity index (χ1) is 11.9. The molecule has 2 amide bonds. The maximum atomic E-state index is 11.2. The highest BCUT2D eigenvalue weighted by Crippen LogP contribution is 2.12. The van der Waals surface area contributed by atoms with E-state index >= 15 is 0 Å². The number of rotatable bonds is 11. The summed E-state index contributed by atoms with van der Waals surface area (Å²) in [5.41, 5.74) is 0. The summed E-state index contributed by atoms with van der Waals surface area (Å²) in [5, 5.41) is 20.1. The largest absolute Gasteiger partial charge is 0.834 e. The molecule has 0 spiro atoms. The normalized spacial score (nSPS) is 13.5. The molecular formula is C15H23NO9-2. The van der Waals surface area contributed by atoms with Crippen LogP contribution >= 0.6 is 0 Å². The van der Waals surface area contributed by atoms with Gasteiger partial charge in [-0.1, -0.05) is 0 Å². The van der Waals surface area contributed by atoms with Crippen molar-refractivity contribution < 1.29 is 43.7 Å². The Morgan fingerprint density at radius 2 is 1.44 bits per heavy atom. The lowest BCUT2D eigenvalue weighted by atomic mass is 10.2. The van der Waals surface area contributed by atoms with Crippen LogP contribution in [0.3, 0.4) is 0 Å². The fourth-order valence-electron chi connectivity index (χ4n) is 1.66. The molecule has 1 heterocycles. The second-order valence-electron chi connectivity index (χ2n) is 5.01. The van der Waals surface area contributed by atoms with Crippen LogP contribution in [0.5, 0.6) is 0 Å². The standard InChI is InChI=1S/C9H12NO6.C6H11O3/c11-6-15-5-1-2-9(14)16-10-7(12)3-4-8(10)13;1-6(8)3-2-4-9-5-7/h1-6H2;2-5H2,1H3/q2*-1. The predicted octanol–water partition coefficient (Wildman–Crippen LogP) is -1.60. The molecule has 0 saturated carbocycles. The van der Waals surface area contributed by atoms with E-state index in [0.29, 0.717) is 30.9 Å². The number of ketones is 1. The van der Waals surface area contributed by atoms with Gasteiger partial charge >= 0.3 is 5.97 Å². The quantitative estimate of drug-likeness (QED) is 0.241. The van der Waals surface area contributed by atoms with Crippen molar-refractivity contribution in [1.29, 1.82) is 0 Å². The summed E-state index contributed by atoms with van der Waals surface area (Å²) in [6, 6.07) is 0. The average molecular weight is 361 g/mol. The van der Waals surface area contributed by atoms with E-state index in [4.69, 9.17) is 0 Å². The van der Waals surface area contributed by atoms with E-state index < -0.39 is 31.4 Å². The van der Waals surface area contributed by atoms with Gasteiger partial charge in [0.1, 0.15) is 5.78 Å². The van der Waals surface area contributed by atoms with Gasteiger partial charge in [-0.05, 0) is 33.4 Å². The molecule has 1 aliphatic heterocycles. The lowest BCUT2D eigenvalue weighted by molar-refractivity contribution is -0.431. The molecule has 0 aromatic carbocycles. The Balaban J connectivity index is 0.000000547. The molecule has 10 nitrogen and oxygen atoms in total. The highest BCUT2D eigenvalue weighted by molar-refractivity contribution is 6.01. The number of Topliss-reactive ketones (excluding diaryl/α,β-unsaturated/α-hetero) is 1. The Morgan fingerprint density at radius 1 is 0.960 bits per heavy atom. The molecule has 0 radical (unpaired) electrons. The zero-order valence-electron chi connectivity index (χ0n) is 14.2. The molecule has 1 rings (SSSR count). The minimum absolute atomic E-state index is 0.00292. The fourth-order valence-corrected chi connectivity index (χ4v) is 1.66. The molecule has 10 heteroatoms. The van der Waals surface area contributed by atoms with E-state index in [0.717, 1.165) is 0 Å². The molecule has 1 fully saturated rings. The van der Waals surface area contributed by atoms with E-state index in [-0.39, 0.29) is 31.7 Å². The van der Waals surface area contributed by atoms with E-state index in [2.05, 4.69) is 14.3 Å². The van der Waals surface area contributed by atoms with Crippen molar-refractivity contribution in [2.45, 2.75) is 45.4 Å². The molecule has 1 saturated heterocycles. The van der Waals surface area contributed by atoms with Crippen LogP contribution in [0, 0.1) is 0 Å². The molecule has 0 aromatic heterocycles. The fraction of sp³-hybridized carbons (Fsp3) is 0.733. The smallest absolute Gasteiger partial charge is 0.333 e. The Labute approximate surface area is 145 Å². The number of carbonyl (C=O) groups excluding carboxylic acids is 4. The van der Waals surface area contributed by atoms with Gasteiger partial charge in [0.15, 0.2) is 0 Å². The summed E-state index contributed by atoms with van der Waals surface area (Å²) < 4.78 is 8.96. The minimum Gasteiger partial charge on any atom is -0.834 e. The molecule has 0 bridgehead atoms. The molecule has 0 N–H and O–H groups in total. The van der Waals surface area contributed by atoms with Crippen molar-refractivity contribution in [2.24, 2.45) is 0 Å². The number of hydrogen-bond donors (Lipinski definition) is 0. The number of imide groups is 1. The van der Waals surface area contributed by atoms with E-state index in [1.165, 1.54) is 6.92 Å². The lowest BCUT2D eigenvalue weighted by Crippen LogP contribution is -2.32. The van der Waals surface area contributed by atoms with Crippen molar-refractivity contribution in [2.75, 3.05) is 26.8 Å². The van der Waals surface area contributed by atoms with Crippen molar-refractivity contribution in [3.63, 3.8) is 0 Å². The molecule has 0 aromatic rings. The predicted molar refractivity (Wildman–Crippen MR) is 78.0 cm³/mol. The molecule has 25 heavy (non-hydrogen) atoms. The SMILES string of the molecule is CC(=O)CCCOC[O-].O=C(CCCOC[O-])ON1C(=O)CCC1=O. The van der Waals surface area contributed by atoms with Gasteiger partial charge in [0, 0.05) is 32.5 Å². The van der Waals surface area contributed by atoms with Crippen LogP contribution in [0.15, 0.2) is 0 Å². The summed E-state index contributed by atoms with van der Waals surface area (Å²) in [6.07, 6.45) is 1.64. The zero-order valence-corrected chi connectivity index (χ0v) is 14.2. The molecular weight excluding hydrogens is 338 g/mol. The van der Waals surface area contributed by atoms with Crippen molar-refractivity contribution in [3.05, 3.63) is 0 Å². The number of amides is 2. The van der Waals surface area contributed by atoms with E-state index in [1.54, 1.807) is 0 Å². The van der Waals surface area contributed by atoms with Gasteiger partial charge in [-0.25, -0.2) is 4.79 Å². The van der Waals surface area contributed by atoms with Crippen molar-refractivity contribution in [3.8, 4) is 0 Å². The number of hydrogen-bond acceptors (Lipinski definition) is 9.